The van der Waals surface area contributed by atoms with Crippen LogP contribution in [0.15, 0.2) is 18.2 Å². The molecular formula is C14H21N3O2. The van der Waals surface area contributed by atoms with Gasteiger partial charge in [0.1, 0.15) is 5.75 Å². The van der Waals surface area contributed by atoms with Gasteiger partial charge < -0.3 is 15.8 Å². The van der Waals surface area contributed by atoms with Crippen LogP contribution in [-0.4, -0.2) is 50.5 Å². The standard InChI is InChI=1S/C14H21N3O2/c1-19-14-4-3-11(9-12(14)15)13(18)10-17-7-2-5-16-6-8-17/h3-4,9,16H,2,5-8,10,15H2,1H3. The molecule has 5 heteroatoms. The number of carbonyl (C=O) groups is 1. The van der Waals surface area contributed by atoms with Gasteiger partial charge in [0.2, 0.25) is 0 Å². The molecule has 0 unspecified atom stereocenters. The lowest BCUT2D eigenvalue weighted by Crippen LogP contribution is -2.33. The van der Waals surface area contributed by atoms with Gasteiger partial charge in [-0.15, -0.1) is 0 Å². The summed E-state index contributed by atoms with van der Waals surface area (Å²) in [6, 6.07) is 5.21. The molecule has 0 spiro atoms. The Kier molecular flexibility index (Phi) is 4.76. The molecule has 2 rings (SSSR count). The van der Waals surface area contributed by atoms with Gasteiger partial charge in [-0.1, -0.05) is 0 Å². The number of nitrogen functional groups attached to an aromatic ring is 1. The fraction of sp³-hybridized carbons (Fsp3) is 0.500. The summed E-state index contributed by atoms with van der Waals surface area (Å²) in [6.07, 6.45) is 1.08. The predicted octanol–water partition coefficient (Wildman–Crippen LogP) is 0.755. The third kappa shape index (κ3) is 3.68. The molecule has 0 aliphatic carbocycles. The second-order valence-electron chi connectivity index (χ2n) is 4.76. The molecule has 5 nitrogen and oxygen atoms in total. The van der Waals surface area contributed by atoms with Gasteiger partial charge in [0, 0.05) is 18.7 Å². The molecule has 3 N–H and O–H groups in total. The first-order valence-electron chi connectivity index (χ1n) is 6.60. The molecule has 1 heterocycles. The van der Waals surface area contributed by atoms with Gasteiger partial charge >= 0.3 is 0 Å². The molecule has 1 aromatic carbocycles. The minimum absolute atomic E-state index is 0.108. The third-order valence-electron chi connectivity index (χ3n) is 3.35. The van der Waals surface area contributed by atoms with Crippen molar-refractivity contribution in [2.24, 2.45) is 0 Å². The molecule has 1 fully saturated rings. The highest BCUT2D eigenvalue weighted by Gasteiger charge is 2.15. The van der Waals surface area contributed by atoms with Gasteiger partial charge in [-0.2, -0.15) is 0 Å². The molecule has 1 aromatic rings. The zero-order valence-electron chi connectivity index (χ0n) is 11.3. The van der Waals surface area contributed by atoms with E-state index >= 15 is 0 Å². The summed E-state index contributed by atoms with van der Waals surface area (Å²) in [5.74, 6) is 0.715. The molecule has 0 saturated carbocycles. The van der Waals surface area contributed by atoms with Gasteiger partial charge in [0.05, 0.1) is 19.3 Å². The van der Waals surface area contributed by atoms with Crippen LogP contribution < -0.4 is 15.8 Å². The Hall–Kier alpha value is -1.59. The first-order chi connectivity index (χ1) is 9.20. The van der Waals surface area contributed by atoms with Crippen LogP contribution in [0, 0.1) is 0 Å². The third-order valence-corrected chi connectivity index (χ3v) is 3.35. The number of nitrogens with one attached hydrogen (secondary N) is 1. The van der Waals surface area contributed by atoms with E-state index in [0.29, 0.717) is 23.5 Å². The monoisotopic (exact) mass is 263 g/mol. The molecule has 0 aromatic heterocycles. The van der Waals surface area contributed by atoms with E-state index in [0.717, 1.165) is 32.6 Å². The normalized spacial score (nSPS) is 16.9. The molecule has 0 bridgehead atoms. The molecule has 104 valence electrons. The van der Waals surface area contributed by atoms with E-state index in [2.05, 4.69) is 10.2 Å². The van der Waals surface area contributed by atoms with Crippen LogP contribution in [0.5, 0.6) is 5.75 Å². The Bertz CT molecular complexity index is 440. The topological polar surface area (TPSA) is 67.6 Å². The number of carbonyl (C=O) groups excluding carboxylic acids is 1. The summed E-state index contributed by atoms with van der Waals surface area (Å²) in [6.45, 7) is 4.30. The van der Waals surface area contributed by atoms with Crippen LogP contribution in [0.4, 0.5) is 5.69 Å². The average molecular weight is 263 g/mol. The lowest BCUT2D eigenvalue weighted by atomic mass is 10.1. The van der Waals surface area contributed by atoms with Crippen molar-refractivity contribution in [3.8, 4) is 5.75 Å². The zero-order chi connectivity index (χ0) is 13.7. The van der Waals surface area contributed by atoms with Crippen molar-refractivity contribution in [1.82, 2.24) is 10.2 Å². The maximum Gasteiger partial charge on any atom is 0.176 e. The van der Waals surface area contributed by atoms with Crippen LogP contribution in [0.1, 0.15) is 16.8 Å². The maximum atomic E-state index is 12.2. The van der Waals surface area contributed by atoms with Crippen molar-refractivity contribution in [1.29, 1.82) is 0 Å². The molecule has 1 saturated heterocycles. The number of anilines is 1. The number of Topliss-reactive ketones (excluding diaryl/α,β-unsaturated/α-hetero) is 1. The van der Waals surface area contributed by atoms with E-state index in [9.17, 15) is 4.79 Å². The molecule has 19 heavy (non-hydrogen) atoms. The lowest BCUT2D eigenvalue weighted by Gasteiger charge is -2.18. The smallest absolute Gasteiger partial charge is 0.176 e. The number of hydrogen-bond acceptors (Lipinski definition) is 5. The molecule has 1 aliphatic rings. The second kappa shape index (κ2) is 6.54. The highest BCUT2D eigenvalue weighted by Crippen LogP contribution is 2.22. The molecule has 1 aliphatic heterocycles. The zero-order valence-corrected chi connectivity index (χ0v) is 11.3. The number of nitrogens with zero attached hydrogens (tertiary/aromatic N) is 1. The van der Waals surface area contributed by atoms with Crippen molar-refractivity contribution >= 4 is 11.5 Å². The molecule has 0 radical (unpaired) electrons. The first kappa shape index (κ1) is 13.8. The summed E-state index contributed by atoms with van der Waals surface area (Å²) >= 11 is 0. The number of ether oxygens (including phenoxy) is 1. The van der Waals surface area contributed by atoms with Crippen molar-refractivity contribution in [3.63, 3.8) is 0 Å². The highest BCUT2D eigenvalue weighted by molar-refractivity contribution is 5.98. The van der Waals surface area contributed by atoms with Gasteiger partial charge in [-0.25, -0.2) is 0 Å². The minimum atomic E-state index is 0.108. The summed E-state index contributed by atoms with van der Waals surface area (Å²) in [4.78, 5) is 14.4. The van der Waals surface area contributed by atoms with E-state index in [1.54, 1.807) is 25.3 Å². The van der Waals surface area contributed by atoms with Crippen molar-refractivity contribution in [3.05, 3.63) is 23.8 Å². The van der Waals surface area contributed by atoms with E-state index in [1.165, 1.54) is 0 Å². The first-order valence-corrected chi connectivity index (χ1v) is 6.60. The Morgan fingerprint density at radius 1 is 1.42 bits per heavy atom. The van der Waals surface area contributed by atoms with Gasteiger partial charge in [0.25, 0.3) is 0 Å². The number of rotatable bonds is 4. The SMILES string of the molecule is COc1ccc(C(=O)CN2CCCNCC2)cc1N. The fourth-order valence-corrected chi connectivity index (χ4v) is 2.26. The van der Waals surface area contributed by atoms with E-state index < -0.39 is 0 Å². The van der Waals surface area contributed by atoms with Crippen LogP contribution in [0.2, 0.25) is 0 Å². The number of hydrogen-bond donors (Lipinski definition) is 2. The van der Waals surface area contributed by atoms with E-state index in [4.69, 9.17) is 10.5 Å². The number of ketones is 1. The average Bonchev–Trinajstić information content (AvgIpc) is 2.67. The second-order valence-corrected chi connectivity index (χ2v) is 4.76. The van der Waals surface area contributed by atoms with Gasteiger partial charge in [-0.3, -0.25) is 9.69 Å². The van der Waals surface area contributed by atoms with Gasteiger partial charge in [0.15, 0.2) is 5.78 Å². The summed E-state index contributed by atoms with van der Waals surface area (Å²) in [5.41, 5.74) is 6.98. The Morgan fingerprint density at radius 2 is 2.26 bits per heavy atom. The van der Waals surface area contributed by atoms with Gasteiger partial charge in [-0.05, 0) is 37.7 Å². The minimum Gasteiger partial charge on any atom is -0.495 e. The quantitative estimate of drug-likeness (QED) is 0.620. The largest absolute Gasteiger partial charge is 0.495 e. The van der Waals surface area contributed by atoms with Crippen molar-refractivity contribution < 1.29 is 9.53 Å². The van der Waals surface area contributed by atoms with Crippen molar-refractivity contribution in [2.75, 3.05) is 45.6 Å². The predicted molar refractivity (Wildman–Crippen MR) is 75.7 cm³/mol. The fourth-order valence-electron chi connectivity index (χ4n) is 2.26. The van der Waals surface area contributed by atoms with E-state index in [-0.39, 0.29) is 5.78 Å². The Balaban J connectivity index is 2.00. The Labute approximate surface area is 113 Å². The number of methoxy groups -OCH3 is 1. The van der Waals surface area contributed by atoms with Crippen molar-refractivity contribution in [2.45, 2.75) is 6.42 Å². The summed E-state index contributed by atoms with van der Waals surface area (Å²) < 4.78 is 5.09. The molecular weight excluding hydrogens is 242 g/mol. The number of benzene rings is 1. The molecule has 0 atom stereocenters. The highest BCUT2D eigenvalue weighted by atomic mass is 16.5. The maximum absolute atomic E-state index is 12.2. The van der Waals surface area contributed by atoms with E-state index in [1.807, 2.05) is 0 Å². The van der Waals surface area contributed by atoms with Crippen LogP contribution in [-0.2, 0) is 0 Å². The Morgan fingerprint density at radius 3 is 3.00 bits per heavy atom. The lowest BCUT2D eigenvalue weighted by molar-refractivity contribution is 0.0935. The number of nitrogens with two attached hydrogens (primary N) is 1. The van der Waals surface area contributed by atoms with Crippen LogP contribution >= 0.6 is 0 Å². The van der Waals surface area contributed by atoms with Crippen LogP contribution in [0.25, 0.3) is 0 Å². The van der Waals surface area contributed by atoms with Crippen LogP contribution in [0.3, 0.4) is 0 Å². The summed E-state index contributed by atoms with van der Waals surface area (Å²) in [7, 11) is 1.57. The molecule has 0 amide bonds. The summed E-state index contributed by atoms with van der Waals surface area (Å²) in [5, 5.41) is 3.32.